The molecule has 2 amide bonds. The van der Waals surface area contributed by atoms with E-state index in [2.05, 4.69) is 13.0 Å². The average Bonchev–Trinajstić information content (AvgIpc) is 3.33. The molecule has 3 rings (SSSR count). The number of nitrogens with zero attached hydrogens (tertiary/aromatic N) is 2. The van der Waals surface area contributed by atoms with Gasteiger partial charge in [0.1, 0.15) is 18.0 Å². The summed E-state index contributed by atoms with van der Waals surface area (Å²) in [4.78, 5) is 31.9. The second-order valence-corrected chi connectivity index (χ2v) is 9.64. The Kier molecular flexibility index (Phi) is 11.0. The third-order valence-corrected chi connectivity index (χ3v) is 7.01. The highest BCUT2D eigenvalue weighted by atomic mass is 32.1. The molecule has 1 heterocycles. The van der Waals surface area contributed by atoms with Crippen LogP contribution in [0.1, 0.15) is 39.7 Å². The number of ether oxygens (including phenoxy) is 3. The van der Waals surface area contributed by atoms with Crippen molar-refractivity contribution < 1.29 is 23.8 Å². The van der Waals surface area contributed by atoms with Gasteiger partial charge in [-0.15, -0.1) is 11.3 Å². The zero-order valence-corrected chi connectivity index (χ0v) is 22.9. The van der Waals surface area contributed by atoms with Crippen molar-refractivity contribution in [3.05, 3.63) is 81.5 Å². The number of hydrogen-bond acceptors (Lipinski definition) is 6. The van der Waals surface area contributed by atoms with Gasteiger partial charge in [-0.3, -0.25) is 9.59 Å². The predicted molar refractivity (Wildman–Crippen MR) is 146 cm³/mol. The van der Waals surface area contributed by atoms with E-state index in [9.17, 15) is 9.59 Å². The molecule has 0 unspecified atom stereocenters. The molecule has 37 heavy (non-hydrogen) atoms. The van der Waals surface area contributed by atoms with Crippen LogP contribution in [-0.4, -0.2) is 62.1 Å². The maximum absolute atomic E-state index is 13.7. The van der Waals surface area contributed by atoms with Gasteiger partial charge in [-0.25, -0.2) is 0 Å². The smallest absolute Gasteiger partial charge is 0.254 e. The molecule has 3 aromatic rings. The van der Waals surface area contributed by atoms with E-state index in [0.717, 1.165) is 16.0 Å². The Morgan fingerprint density at radius 1 is 0.919 bits per heavy atom. The second-order valence-electron chi connectivity index (χ2n) is 8.64. The van der Waals surface area contributed by atoms with Crippen LogP contribution in [0.5, 0.6) is 11.5 Å². The number of carbonyl (C=O) groups excluding carboxylic acids is 2. The van der Waals surface area contributed by atoms with Crippen LogP contribution in [-0.2, 0) is 22.6 Å². The highest BCUT2D eigenvalue weighted by molar-refractivity contribution is 7.10. The molecule has 0 saturated heterocycles. The third-order valence-electron chi connectivity index (χ3n) is 6.00. The summed E-state index contributed by atoms with van der Waals surface area (Å²) >= 11 is 1.64. The van der Waals surface area contributed by atoms with Gasteiger partial charge in [0.25, 0.3) is 5.91 Å². The number of amides is 2. The van der Waals surface area contributed by atoms with E-state index in [0.29, 0.717) is 56.3 Å². The largest absolute Gasteiger partial charge is 0.497 e. The monoisotopic (exact) mass is 524 g/mol. The lowest BCUT2D eigenvalue weighted by Gasteiger charge is -2.28. The number of benzene rings is 2. The van der Waals surface area contributed by atoms with E-state index in [1.165, 1.54) is 0 Å². The summed E-state index contributed by atoms with van der Waals surface area (Å²) < 4.78 is 16.2. The third kappa shape index (κ3) is 8.33. The van der Waals surface area contributed by atoms with Gasteiger partial charge in [0.05, 0.1) is 20.8 Å². The Hall–Kier alpha value is -3.36. The molecule has 0 atom stereocenters. The molecule has 0 aliphatic rings. The van der Waals surface area contributed by atoms with Gasteiger partial charge in [0.15, 0.2) is 0 Å². The first-order chi connectivity index (χ1) is 17.9. The highest BCUT2D eigenvalue weighted by Gasteiger charge is 2.24. The summed E-state index contributed by atoms with van der Waals surface area (Å²) in [6.45, 7) is 6.40. The zero-order valence-electron chi connectivity index (χ0n) is 22.1. The predicted octanol–water partition coefficient (Wildman–Crippen LogP) is 5.17. The quantitative estimate of drug-likeness (QED) is 0.272. The summed E-state index contributed by atoms with van der Waals surface area (Å²) in [6, 6.07) is 17.0. The van der Waals surface area contributed by atoms with Gasteiger partial charge < -0.3 is 24.0 Å². The van der Waals surface area contributed by atoms with Gasteiger partial charge in [-0.1, -0.05) is 30.3 Å². The van der Waals surface area contributed by atoms with Gasteiger partial charge in [0.2, 0.25) is 5.91 Å². The number of rotatable bonds is 14. The summed E-state index contributed by atoms with van der Waals surface area (Å²) in [7, 11) is 3.08. The topological polar surface area (TPSA) is 68.3 Å². The molecular formula is C29H36N2O5S. The second kappa shape index (κ2) is 14.4. The van der Waals surface area contributed by atoms with Crippen molar-refractivity contribution >= 4 is 23.2 Å². The van der Waals surface area contributed by atoms with Crippen LogP contribution in [0.25, 0.3) is 0 Å². The Morgan fingerprint density at radius 2 is 1.62 bits per heavy atom. The molecule has 198 valence electrons. The van der Waals surface area contributed by atoms with Crippen molar-refractivity contribution in [1.29, 1.82) is 0 Å². The Labute approximate surface area is 223 Å². The average molecular weight is 525 g/mol. The van der Waals surface area contributed by atoms with Crippen LogP contribution in [0, 0.1) is 6.92 Å². The minimum atomic E-state index is -0.256. The molecule has 0 aliphatic heterocycles. The normalized spacial score (nSPS) is 10.7. The van der Waals surface area contributed by atoms with E-state index < -0.39 is 0 Å². The molecule has 7 nitrogen and oxygen atoms in total. The minimum Gasteiger partial charge on any atom is -0.497 e. The van der Waals surface area contributed by atoms with Gasteiger partial charge in [-0.2, -0.15) is 0 Å². The van der Waals surface area contributed by atoms with Crippen molar-refractivity contribution in [2.24, 2.45) is 0 Å². The molecule has 0 N–H and O–H groups in total. The lowest BCUT2D eigenvalue weighted by molar-refractivity contribution is -0.133. The molecular weight excluding hydrogens is 488 g/mol. The molecule has 1 aromatic heterocycles. The van der Waals surface area contributed by atoms with Crippen LogP contribution in [0.2, 0.25) is 0 Å². The molecule has 0 aliphatic carbocycles. The first-order valence-electron chi connectivity index (χ1n) is 12.4. The molecule has 0 saturated carbocycles. The summed E-state index contributed by atoms with van der Waals surface area (Å²) in [5, 5.41) is 2.04. The van der Waals surface area contributed by atoms with Crippen molar-refractivity contribution in [1.82, 2.24) is 9.80 Å². The van der Waals surface area contributed by atoms with Crippen LogP contribution >= 0.6 is 11.3 Å². The number of thiophene rings is 1. The molecule has 8 heteroatoms. The standard InChI is InChI=1S/C29H36N2O5S/c1-5-36-14-9-13-30(29(33)24-16-25(34-3)18-26(17-24)35-4)21-28(32)31(19-23-10-7-6-8-11-23)20-27-22(2)12-15-37-27/h6-8,10-12,15-18H,5,9,13-14,19-21H2,1-4H3. The van der Waals surface area contributed by atoms with Crippen molar-refractivity contribution in [3.8, 4) is 11.5 Å². The molecule has 0 bridgehead atoms. The van der Waals surface area contributed by atoms with E-state index >= 15 is 0 Å². The Balaban J connectivity index is 1.85. The summed E-state index contributed by atoms with van der Waals surface area (Å²) in [5.74, 6) is 0.662. The van der Waals surface area contributed by atoms with Crippen LogP contribution in [0.4, 0.5) is 0 Å². The number of aryl methyl sites for hydroxylation is 1. The van der Waals surface area contributed by atoms with Crippen molar-refractivity contribution in [2.45, 2.75) is 33.4 Å². The molecule has 2 aromatic carbocycles. The first kappa shape index (κ1) is 28.2. The van der Waals surface area contributed by atoms with Gasteiger partial charge in [-0.05, 0) is 55.0 Å². The fraction of sp³-hybridized carbons (Fsp3) is 0.379. The van der Waals surface area contributed by atoms with Gasteiger partial charge in [0, 0.05) is 42.8 Å². The summed E-state index contributed by atoms with van der Waals surface area (Å²) in [5.41, 5.74) is 2.60. The van der Waals surface area contributed by atoms with Crippen molar-refractivity contribution in [3.63, 3.8) is 0 Å². The van der Waals surface area contributed by atoms with E-state index in [-0.39, 0.29) is 18.4 Å². The molecule has 0 spiro atoms. The van der Waals surface area contributed by atoms with Crippen LogP contribution < -0.4 is 9.47 Å². The Morgan fingerprint density at radius 3 is 2.22 bits per heavy atom. The fourth-order valence-electron chi connectivity index (χ4n) is 3.91. The van der Waals surface area contributed by atoms with Crippen LogP contribution in [0.3, 0.4) is 0 Å². The fourth-order valence-corrected chi connectivity index (χ4v) is 4.83. The highest BCUT2D eigenvalue weighted by Crippen LogP contribution is 2.24. The van der Waals surface area contributed by atoms with Crippen molar-refractivity contribution in [2.75, 3.05) is 40.5 Å². The maximum atomic E-state index is 13.7. The number of carbonyl (C=O) groups is 2. The van der Waals surface area contributed by atoms with E-state index in [1.54, 1.807) is 48.7 Å². The maximum Gasteiger partial charge on any atom is 0.254 e. The lowest BCUT2D eigenvalue weighted by atomic mass is 10.1. The number of hydrogen-bond donors (Lipinski definition) is 0. The minimum absolute atomic E-state index is 0.0399. The van der Waals surface area contributed by atoms with E-state index in [4.69, 9.17) is 14.2 Å². The zero-order chi connectivity index (χ0) is 26.6. The molecule has 0 radical (unpaired) electrons. The Bertz CT molecular complexity index is 1130. The summed E-state index contributed by atoms with van der Waals surface area (Å²) in [6.07, 6.45) is 0.622. The first-order valence-corrected chi connectivity index (χ1v) is 13.3. The van der Waals surface area contributed by atoms with Gasteiger partial charge >= 0.3 is 0 Å². The SMILES string of the molecule is CCOCCCN(CC(=O)N(Cc1ccccc1)Cc1sccc1C)C(=O)c1cc(OC)cc(OC)c1. The van der Waals surface area contributed by atoms with Crippen LogP contribution in [0.15, 0.2) is 60.0 Å². The number of methoxy groups -OCH3 is 2. The lowest BCUT2D eigenvalue weighted by Crippen LogP contribution is -2.43. The van der Waals surface area contributed by atoms with E-state index in [1.807, 2.05) is 47.5 Å². The molecule has 0 fully saturated rings.